The highest BCUT2D eigenvalue weighted by Gasteiger charge is 2.17. The second-order valence-electron chi connectivity index (χ2n) is 17.0. The summed E-state index contributed by atoms with van der Waals surface area (Å²) in [5, 5.41) is 4.53. The third kappa shape index (κ3) is 7.24. The second-order valence-corrected chi connectivity index (χ2v) is 19.1. The van der Waals surface area contributed by atoms with Gasteiger partial charge in [-0.1, -0.05) is 133 Å². The molecule has 10 aromatic carbocycles. The Hall–Kier alpha value is -8.42. The molecule has 0 fully saturated rings. The fourth-order valence-corrected chi connectivity index (χ4v) is 11.4. The van der Waals surface area contributed by atoms with Gasteiger partial charge in [-0.3, -0.25) is 0 Å². The largest absolute Gasteiger partial charge is 0.310 e. The van der Waals surface area contributed by atoms with Crippen molar-refractivity contribution in [2.24, 2.45) is 0 Å². The first kappa shape index (κ1) is 39.9. The van der Waals surface area contributed by atoms with Crippen molar-refractivity contribution in [3.63, 3.8) is 0 Å². The summed E-state index contributed by atoms with van der Waals surface area (Å²) in [4.78, 5) is 12.2. The summed E-state index contributed by atoms with van der Waals surface area (Å²) in [6.45, 7) is 0. The predicted molar refractivity (Wildman–Crippen MR) is 289 cm³/mol. The van der Waals surface area contributed by atoms with Gasteiger partial charge in [0.15, 0.2) is 0 Å². The molecule has 0 amide bonds. The molecule has 320 valence electrons. The van der Waals surface area contributed by atoms with Crippen LogP contribution < -0.4 is 4.90 Å². The van der Waals surface area contributed by atoms with Crippen molar-refractivity contribution in [1.29, 1.82) is 0 Å². The molecule has 0 unspecified atom stereocenters. The number of hydrogen-bond acceptors (Lipinski definition) is 5. The molecule has 3 heterocycles. The average molecular weight is 905 g/mol. The monoisotopic (exact) mass is 904 g/mol. The summed E-state index contributed by atoms with van der Waals surface area (Å²) in [7, 11) is 0. The number of para-hydroxylation sites is 3. The molecule has 0 atom stereocenters. The van der Waals surface area contributed by atoms with Gasteiger partial charge in [0.2, 0.25) is 0 Å². The number of aromatic nitrogens is 3. The molecule has 4 nitrogen and oxygen atoms in total. The van der Waals surface area contributed by atoms with Crippen molar-refractivity contribution in [3.8, 4) is 60.2 Å². The number of fused-ring (bicyclic) bond motifs is 5. The van der Waals surface area contributed by atoms with Gasteiger partial charge in [-0.2, -0.15) is 0 Å². The molecule has 0 aliphatic rings. The van der Waals surface area contributed by atoms with Crippen molar-refractivity contribution < 1.29 is 0 Å². The van der Waals surface area contributed by atoms with E-state index < -0.39 is 0 Å². The molecule has 68 heavy (non-hydrogen) atoms. The van der Waals surface area contributed by atoms with E-state index in [9.17, 15) is 0 Å². The Morgan fingerprint density at radius 1 is 0.309 bits per heavy atom. The summed E-state index contributed by atoms with van der Waals surface area (Å²) in [6, 6.07) is 87.2. The second kappa shape index (κ2) is 16.8. The average Bonchev–Trinajstić information content (AvgIpc) is 4.14. The van der Waals surface area contributed by atoms with Gasteiger partial charge in [0.25, 0.3) is 0 Å². The smallest absolute Gasteiger partial charge is 0.124 e. The molecular weight excluding hydrogens is 865 g/mol. The number of anilines is 3. The van der Waals surface area contributed by atoms with E-state index in [2.05, 4.69) is 246 Å². The summed E-state index contributed by atoms with van der Waals surface area (Å²) in [5.74, 6) is 0. The van der Waals surface area contributed by atoms with E-state index in [0.29, 0.717) is 0 Å². The van der Waals surface area contributed by atoms with Gasteiger partial charge >= 0.3 is 0 Å². The fraction of sp³-hybridized carbons (Fsp3) is 0. The number of hydrogen-bond donors (Lipinski definition) is 0. The maximum atomic E-state index is 4.96. The standard InChI is InChI=1S/C62H40N4S2/c1-2-11-41(12-3-1)47-13-10-14-52(39-47)65(50-36-29-46(30-37-50)61-63-55-16-5-8-19-59(55)67-61)49-32-25-44(26-33-49)42-21-23-43(24-22-42)45-27-34-51(35-28-45)66-57-18-7-4-15-53(57)54-40-48(31-38-58(54)66)62-64-56-17-6-9-20-60(56)68-62/h1-40H. The van der Waals surface area contributed by atoms with Crippen LogP contribution in [0.3, 0.4) is 0 Å². The highest BCUT2D eigenvalue weighted by Crippen LogP contribution is 2.41. The summed E-state index contributed by atoms with van der Waals surface area (Å²) < 4.78 is 4.78. The lowest BCUT2D eigenvalue weighted by Gasteiger charge is -2.26. The van der Waals surface area contributed by atoms with Crippen molar-refractivity contribution in [2.45, 2.75) is 0 Å². The van der Waals surface area contributed by atoms with Crippen molar-refractivity contribution >= 4 is 82.0 Å². The van der Waals surface area contributed by atoms with Crippen LogP contribution in [0.15, 0.2) is 243 Å². The molecule has 6 heteroatoms. The zero-order chi connectivity index (χ0) is 45.0. The molecule has 3 aromatic heterocycles. The molecule has 0 saturated heterocycles. The molecule has 13 aromatic rings. The number of benzene rings is 10. The Morgan fingerprint density at radius 3 is 1.41 bits per heavy atom. The quantitative estimate of drug-likeness (QED) is 0.145. The first-order chi connectivity index (χ1) is 33.7. The van der Waals surface area contributed by atoms with E-state index in [0.717, 1.165) is 60.5 Å². The Kier molecular flexibility index (Phi) is 9.85. The van der Waals surface area contributed by atoms with E-state index >= 15 is 0 Å². The van der Waals surface area contributed by atoms with Gasteiger partial charge in [-0.25, -0.2) is 9.97 Å². The highest BCUT2D eigenvalue weighted by atomic mass is 32.1. The highest BCUT2D eigenvalue weighted by molar-refractivity contribution is 7.22. The number of nitrogens with zero attached hydrogens (tertiary/aromatic N) is 4. The van der Waals surface area contributed by atoms with E-state index in [4.69, 9.17) is 9.97 Å². The van der Waals surface area contributed by atoms with Crippen LogP contribution in [0.1, 0.15) is 0 Å². The lowest BCUT2D eigenvalue weighted by molar-refractivity contribution is 1.18. The van der Waals surface area contributed by atoms with Gasteiger partial charge in [-0.05, 0) is 143 Å². The Balaban J connectivity index is 0.783. The minimum Gasteiger partial charge on any atom is -0.310 e. The zero-order valence-corrected chi connectivity index (χ0v) is 38.3. The van der Waals surface area contributed by atoms with Crippen LogP contribution in [0.4, 0.5) is 17.1 Å². The minimum absolute atomic E-state index is 1.03. The number of rotatable bonds is 9. The molecular formula is C62H40N4S2. The Labute approximate surface area is 402 Å². The van der Waals surface area contributed by atoms with Gasteiger partial charge in [0.05, 0.1) is 31.5 Å². The van der Waals surface area contributed by atoms with E-state index in [1.165, 1.54) is 59.0 Å². The van der Waals surface area contributed by atoms with Crippen LogP contribution in [0.5, 0.6) is 0 Å². The topological polar surface area (TPSA) is 34.0 Å². The van der Waals surface area contributed by atoms with Crippen molar-refractivity contribution in [1.82, 2.24) is 14.5 Å². The lowest BCUT2D eigenvalue weighted by Crippen LogP contribution is -2.10. The van der Waals surface area contributed by atoms with Crippen LogP contribution in [-0.2, 0) is 0 Å². The van der Waals surface area contributed by atoms with Gasteiger partial charge < -0.3 is 9.47 Å². The molecule has 0 bridgehead atoms. The first-order valence-corrected chi connectivity index (χ1v) is 24.4. The molecule has 0 aliphatic heterocycles. The molecule has 13 rings (SSSR count). The van der Waals surface area contributed by atoms with E-state index in [-0.39, 0.29) is 0 Å². The fourth-order valence-electron chi connectivity index (χ4n) is 9.49. The van der Waals surface area contributed by atoms with Gasteiger partial charge in [-0.15, -0.1) is 22.7 Å². The Morgan fingerprint density at radius 2 is 0.779 bits per heavy atom. The van der Waals surface area contributed by atoms with E-state index in [1.807, 2.05) is 6.07 Å². The normalized spacial score (nSPS) is 11.5. The summed E-state index contributed by atoms with van der Waals surface area (Å²) in [6.07, 6.45) is 0. The minimum atomic E-state index is 1.03. The maximum absolute atomic E-state index is 4.96. The molecule has 0 aliphatic carbocycles. The third-order valence-electron chi connectivity index (χ3n) is 12.9. The van der Waals surface area contributed by atoms with Crippen LogP contribution in [-0.4, -0.2) is 14.5 Å². The van der Waals surface area contributed by atoms with Crippen LogP contribution >= 0.6 is 22.7 Å². The van der Waals surface area contributed by atoms with Crippen LogP contribution in [0.25, 0.3) is 102 Å². The maximum Gasteiger partial charge on any atom is 0.124 e. The molecule has 0 N–H and O–H groups in total. The lowest BCUT2D eigenvalue weighted by atomic mass is 9.99. The van der Waals surface area contributed by atoms with E-state index in [1.54, 1.807) is 22.7 Å². The van der Waals surface area contributed by atoms with Gasteiger partial charge in [0, 0.05) is 44.6 Å². The molecule has 0 radical (unpaired) electrons. The summed E-state index contributed by atoms with van der Waals surface area (Å²) >= 11 is 3.47. The zero-order valence-electron chi connectivity index (χ0n) is 36.7. The molecule has 0 spiro atoms. The Bertz CT molecular complexity index is 3880. The van der Waals surface area contributed by atoms with Gasteiger partial charge in [0.1, 0.15) is 10.0 Å². The summed E-state index contributed by atoms with van der Waals surface area (Å²) in [5.41, 5.74) is 18.2. The van der Waals surface area contributed by atoms with Crippen LogP contribution in [0, 0.1) is 0 Å². The van der Waals surface area contributed by atoms with Crippen molar-refractivity contribution in [2.75, 3.05) is 4.90 Å². The first-order valence-electron chi connectivity index (χ1n) is 22.8. The SMILES string of the molecule is c1ccc(-c2cccc(N(c3ccc(-c4ccc(-c5ccc(-n6c7ccccc7c7cc(-c8nc9ccccc9s8)ccc76)cc5)cc4)cc3)c3ccc(-c4nc5ccccc5s4)cc3)c2)cc1. The van der Waals surface area contributed by atoms with Crippen molar-refractivity contribution in [3.05, 3.63) is 243 Å². The number of thiazole rings is 2. The predicted octanol–water partition coefficient (Wildman–Crippen LogP) is 17.8. The third-order valence-corrected chi connectivity index (χ3v) is 15.1. The molecule has 0 saturated carbocycles. The van der Waals surface area contributed by atoms with Crippen LogP contribution in [0.2, 0.25) is 0 Å².